The molecule has 0 amide bonds. The third-order valence-electron chi connectivity index (χ3n) is 6.92. The third-order valence-corrected chi connectivity index (χ3v) is 6.92. The van der Waals surface area contributed by atoms with E-state index in [-0.39, 0.29) is 29.8 Å². The maximum absolute atomic E-state index is 10.1. The Morgan fingerprint density at radius 1 is 1.16 bits per heavy atom. The first-order chi connectivity index (χ1) is 14.8. The van der Waals surface area contributed by atoms with Crippen LogP contribution in [0.25, 0.3) is 10.9 Å². The summed E-state index contributed by atoms with van der Waals surface area (Å²) in [6.45, 7) is 6.58. The van der Waals surface area contributed by atoms with E-state index in [1.165, 1.54) is 0 Å². The number of methoxy groups -OCH3 is 1. The van der Waals surface area contributed by atoms with Crippen LogP contribution in [0.3, 0.4) is 0 Å². The molecule has 4 rings (SSSR count). The van der Waals surface area contributed by atoms with Crippen LogP contribution in [-0.2, 0) is 4.74 Å². The number of aromatic nitrogens is 3. The molecule has 2 aromatic rings. The normalized spacial score (nSPS) is 28.7. The maximum atomic E-state index is 10.1. The number of fused-ring (bicyclic) bond motifs is 1. The fraction of sp³-hybridized carbons (Fsp3) is 0.696. The molecular weight excluding hydrogens is 396 g/mol. The molecule has 170 valence electrons. The molecule has 0 aromatic carbocycles. The number of hydrogen-bond donors (Lipinski definition) is 3. The van der Waals surface area contributed by atoms with Gasteiger partial charge in [-0.3, -0.25) is 0 Å². The Labute approximate surface area is 183 Å². The molecule has 0 aliphatic heterocycles. The Kier molecular flexibility index (Phi) is 6.32. The van der Waals surface area contributed by atoms with Crippen LogP contribution in [0, 0.1) is 5.41 Å². The minimum Gasteiger partial charge on any atom is -0.473 e. The van der Waals surface area contributed by atoms with Crippen molar-refractivity contribution in [2.24, 2.45) is 5.41 Å². The molecule has 31 heavy (non-hydrogen) atoms. The second kappa shape index (κ2) is 8.84. The van der Waals surface area contributed by atoms with E-state index in [1.54, 1.807) is 13.3 Å². The second-order valence-corrected chi connectivity index (χ2v) is 9.66. The largest absolute Gasteiger partial charge is 0.473 e. The number of nitrogens with one attached hydrogen (secondary N) is 1. The summed E-state index contributed by atoms with van der Waals surface area (Å²) in [6, 6.07) is 0.0746. The summed E-state index contributed by atoms with van der Waals surface area (Å²) < 4.78 is 11.4. The van der Waals surface area contributed by atoms with E-state index in [1.807, 2.05) is 27.0 Å². The summed E-state index contributed by atoms with van der Waals surface area (Å²) in [7, 11) is 1.67. The number of ether oxygens (including phenoxy) is 2. The highest BCUT2D eigenvalue weighted by molar-refractivity contribution is 5.86. The van der Waals surface area contributed by atoms with E-state index in [9.17, 15) is 10.2 Å². The molecule has 3 atom stereocenters. The fourth-order valence-corrected chi connectivity index (χ4v) is 4.58. The van der Waals surface area contributed by atoms with Gasteiger partial charge >= 0.3 is 0 Å². The van der Waals surface area contributed by atoms with Crippen molar-refractivity contribution in [1.29, 1.82) is 0 Å². The Hall–Kier alpha value is -2.03. The van der Waals surface area contributed by atoms with E-state index in [4.69, 9.17) is 14.5 Å². The Morgan fingerprint density at radius 3 is 2.55 bits per heavy atom. The van der Waals surface area contributed by atoms with Crippen LogP contribution in [0.5, 0.6) is 5.88 Å². The van der Waals surface area contributed by atoms with Crippen molar-refractivity contribution in [3.8, 4) is 5.88 Å². The van der Waals surface area contributed by atoms with Crippen molar-refractivity contribution in [3.05, 3.63) is 18.0 Å². The van der Waals surface area contributed by atoms with Gasteiger partial charge in [-0.25, -0.2) is 15.0 Å². The van der Waals surface area contributed by atoms with Gasteiger partial charge in [-0.2, -0.15) is 0 Å². The highest BCUT2D eigenvalue weighted by Crippen LogP contribution is 2.44. The Morgan fingerprint density at radius 2 is 1.90 bits per heavy atom. The monoisotopic (exact) mass is 430 g/mol. The molecule has 8 heteroatoms. The molecule has 0 spiro atoms. The number of pyridine rings is 1. The molecule has 0 saturated heterocycles. The van der Waals surface area contributed by atoms with Crippen LogP contribution in [0.2, 0.25) is 0 Å². The van der Waals surface area contributed by atoms with Crippen molar-refractivity contribution in [2.45, 2.75) is 83.1 Å². The number of nitrogens with zero attached hydrogens (tertiary/aromatic N) is 3. The van der Waals surface area contributed by atoms with Crippen molar-refractivity contribution in [2.75, 3.05) is 19.0 Å². The van der Waals surface area contributed by atoms with Gasteiger partial charge in [-0.15, -0.1) is 0 Å². The van der Waals surface area contributed by atoms with E-state index < -0.39 is 0 Å². The summed E-state index contributed by atoms with van der Waals surface area (Å²) in [5.41, 5.74) is 1.60. The summed E-state index contributed by atoms with van der Waals surface area (Å²) >= 11 is 0. The predicted molar refractivity (Wildman–Crippen MR) is 118 cm³/mol. The van der Waals surface area contributed by atoms with Crippen LogP contribution in [-0.4, -0.2) is 63.2 Å². The number of anilines is 1. The average molecular weight is 431 g/mol. The zero-order valence-corrected chi connectivity index (χ0v) is 18.8. The van der Waals surface area contributed by atoms with Crippen molar-refractivity contribution < 1.29 is 19.7 Å². The number of hydrogen-bond acceptors (Lipinski definition) is 8. The zero-order valence-electron chi connectivity index (χ0n) is 18.8. The average Bonchev–Trinajstić information content (AvgIpc) is 2.74. The van der Waals surface area contributed by atoms with Crippen LogP contribution >= 0.6 is 0 Å². The molecule has 2 aliphatic carbocycles. The molecule has 0 bridgehead atoms. The number of rotatable bonds is 7. The molecule has 2 fully saturated rings. The topological polar surface area (TPSA) is 110 Å². The lowest BCUT2D eigenvalue weighted by Gasteiger charge is -2.48. The number of aliphatic hydroxyl groups excluding tert-OH is 2. The minimum atomic E-state index is -0.369. The van der Waals surface area contributed by atoms with Crippen LogP contribution in [0.1, 0.15) is 64.4 Å². The SMILES string of the molecule is COC[C@H](C)Nc1ncc2c(O[C@H]3C[C@@H](O)C3(C)C)ncc([C@H]3CC[C@H](O)CC3)c2n1. The molecule has 2 heterocycles. The fourth-order valence-electron chi connectivity index (χ4n) is 4.58. The molecule has 2 aliphatic rings. The third kappa shape index (κ3) is 4.47. The van der Waals surface area contributed by atoms with Crippen molar-refractivity contribution in [1.82, 2.24) is 15.0 Å². The van der Waals surface area contributed by atoms with Gasteiger partial charge in [-0.05, 0) is 38.5 Å². The highest BCUT2D eigenvalue weighted by Gasteiger charge is 2.49. The summed E-state index contributed by atoms with van der Waals surface area (Å²) in [5, 5.41) is 24.1. The van der Waals surface area contributed by atoms with Gasteiger partial charge < -0.3 is 25.0 Å². The van der Waals surface area contributed by atoms with Crippen LogP contribution < -0.4 is 10.1 Å². The van der Waals surface area contributed by atoms with Gasteiger partial charge in [0.15, 0.2) is 0 Å². The van der Waals surface area contributed by atoms with E-state index in [0.717, 1.165) is 42.1 Å². The summed E-state index contributed by atoms with van der Waals surface area (Å²) in [6.07, 6.45) is 6.95. The molecular formula is C23H34N4O4. The van der Waals surface area contributed by atoms with E-state index in [0.29, 0.717) is 30.8 Å². The van der Waals surface area contributed by atoms with Gasteiger partial charge in [0.05, 0.1) is 29.7 Å². The first kappa shape index (κ1) is 22.2. The Balaban J connectivity index is 1.68. The smallest absolute Gasteiger partial charge is 0.224 e. The first-order valence-electron chi connectivity index (χ1n) is 11.2. The summed E-state index contributed by atoms with van der Waals surface area (Å²) in [5.74, 6) is 1.36. The standard InChI is InChI=1S/C23H34N4O4/c1-13(12-30-4)26-22-25-11-17-20(27-22)16(14-5-7-15(28)8-6-14)10-24-21(17)31-19-9-18(29)23(19,2)3/h10-11,13-15,18-19,28-29H,5-9,12H2,1-4H3,(H,25,26,27)/t13-,14-,15-,18+,19-/m0/s1. The predicted octanol–water partition coefficient (Wildman–Crippen LogP) is 3.03. The van der Waals surface area contributed by atoms with E-state index >= 15 is 0 Å². The van der Waals surface area contributed by atoms with Crippen molar-refractivity contribution >= 4 is 16.9 Å². The van der Waals surface area contributed by atoms with Crippen LogP contribution in [0.4, 0.5) is 5.95 Å². The lowest BCUT2D eigenvalue weighted by molar-refractivity contribution is -0.135. The molecule has 3 N–H and O–H groups in total. The maximum Gasteiger partial charge on any atom is 0.224 e. The molecule has 0 unspecified atom stereocenters. The molecule has 8 nitrogen and oxygen atoms in total. The van der Waals surface area contributed by atoms with Gasteiger partial charge in [0.2, 0.25) is 11.8 Å². The van der Waals surface area contributed by atoms with Gasteiger partial charge in [-0.1, -0.05) is 13.8 Å². The minimum absolute atomic E-state index is 0.0746. The molecule has 2 saturated carbocycles. The number of aliphatic hydroxyl groups is 2. The Bertz CT molecular complexity index is 914. The zero-order chi connectivity index (χ0) is 22.2. The molecule has 2 aromatic heterocycles. The summed E-state index contributed by atoms with van der Waals surface area (Å²) in [4.78, 5) is 14.0. The van der Waals surface area contributed by atoms with Crippen molar-refractivity contribution in [3.63, 3.8) is 0 Å². The quantitative estimate of drug-likeness (QED) is 0.615. The molecule has 0 radical (unpaired) electrons. The lowest BCUT2D eigenvalue weighted by Crippen LogP contribution is -2.56. The van der Waals surface area contributed by atoms with Crippen LogP contribution in [0.15, 0.2) is 12.4 Å². The van der Waals surface area contributed by atoms with Gasteiger partial charge in [0, 0.05) is 42.9 Å². The van der Waals surface area contributed by atoms with Gasteiger partial charge in [0.1, 0.15) is 6.10 Å². The van der Waals surface area contributed by atoms with Gasteiger partial charge in [0.25, 0.3) is 0 Å². The first-order valence-corrected chi connectivity index (χ1v) is 11.2. The van der Waals surface area contributed by atoms with E-state index in [2.05, 4.69) is 15.3 Å². The lowest BCUT2D eigenvalue weighted by atomic mass is 9.66. The second-order valence-electron chi connectivity index (χ2n) is 9.66. The highest BCUT2D eigenvalue weighted by atomic mass is 16.5.